The van der Waals surface area contributed by atoms with Gasteiger partial charge in [-0.05, 0) is 54.2 Å². The lowest BCUT2D eigenvalue weighted by Gasteiger charge is -2.29. The third-order valence-electron chi connectivity index (χ3n) is 3.28. The van der Waals surface area contributed by atoms with Gasteiger partial charge in [0.05, 0.1) is 4.47 Å². The number of anilines is 1. The van der Waals surface area contributed by atoms with E-state index in [-0.39, 0.29) is 0 Å². The first-order valence-electron chi connectivity index (χ1n) is 6.07. The van der Waals surface area contributed by atoms with Crippen molar-refractivity contribution in [2.45, 2.75) is 45.6 Å². The summed E-state index contributed by atoms with van der Waals surface area (Å²) in [5, 5.41) is 0. The number of rotatable bonds is 1. The van der Waals surface area contributed by atoms with Gasteiger partial charge in [-0.25, -0.2) is 4.98 Å². The van der Waals surface area contributed by atoms with Gasteiger partial charge in [0.2, 0.25) is 0 Å². The molecule has 1 aliphatic heterocycles. The van der Waals surface area contributed by atoms with E-state index in [4.69, 9.17) is 0 Å². The molecule has 1 aromatic rings. The van der Waals surface area contributed by atoms with Gasteiger partial charge in [-0.15, -0.1) is 0 Å². The minimum Gasteiger partial charge on any atom is -0.353 e. The van der Waals surface area contributed by atoms with Gasteiger partial charge in [0.25, 0.3) is 0 Å². The summed E-state index contributed by atoms with van der Waals surface area (Å²) in [6, 6.07) is 2.76. The molecule has 1 aliphatic rings. The minimum atomic E-state index is 0.606. The Balaban J connectivity index is 2.27. The zero-order valence-electron chi connectivity index (χ0n) is 10.0. The van der Waals surface area contributed by atoms with Gasteiger partial charge >= 0.3 is 0 Å². The molecule has 1 unspecified atom stereocenters. The SMILES string of the molecule is Cc1cnc(N2CCCCCC2C)c(Br)c1. The summed E-state index contributed by atoms with van der Waals surface area (Å²) < 4.78 is 1.13. The van der Waals surface area contributed by atoms with Crippen LogP contribution in [0.1, 0.15) is 38.2 Å². The van der Waals surface area contributed by atoms with Crippen molar-refractivity contribution in [1.82, 2.24) is 4.98 Å². The summed E-state index contributed by atoms with van der Waals surface area (Å²) in [6.45, 7) is 5.52. The fourth-order valence-electron chi connectivity index (χ4n) is 2.33. The average Bonchev–Trinajstić information content (AvgIpc) is 2.44. The summed E-state index contributed by atoms with van der Waals surface area (Å²) in [6.07, 6.45) is 7.22. The van der Waals surface area contributed by atoms with E-state index in [1.54, 1.807) is 0 Å². The van der Waals surface area contributed by atoms with Gasteiger partial charge in [0.15, 0.2) is 0 Å². The molecule has 1 fully saturated rings. The van der Waals surface area contributed by atoms with Crippen molar-refractivity contribution < 1.29 is 0 Å². The Morgan fingerprint density at radius 1 is 1.38 bits per heavy atom. The first-order valence-corrected chi connectivity index (χ1v) is 6.86. The third kappa shape index (κ3) is 2.57. The molecule has 0 radical (unpaired) electrons. The van der Waals surface area contributed by atoms with Crippen LogP contribution in [-0.2, 0) is 0 Å². The molecule has 0 aliphatic carbocycles. The van der Waals surface area contributed by atoms with Crippen molar-refractivity contribution >= 4 is 21.7 Å². The molecule has 1 aromatic heterocycles. The lowest BCUT2D eigenvalue weighted by molar-refractivity contribution is 0.610. The van der Waals surface area contributed by atoms with Crippen LogP contribution in [-0.4, -0.2) is 17.6 Å². The summed E-state index contributed by atoms with van der Waals surface area (Å²) in [7, 11) is 0. The van der Waals surface area contributed by atoms with E-state index >= 15 is 0 Å². The lowest BCUT2D eigenvalue weighted by atomic mass is 10.1. The summed E-state index contributed by atoms with van der Waals surface area (Å²) in [5.74, 6) is 1.11. The Kier molecular flexibility index (Phi) is 3.85. The van der Waals surface area contributed by atoms with E-state index < -0.39 is 0 Å². The molecule has 1 saturated heterocycles. The standard InChI is InChI=1S/C13H19BrN2/c1-10-8-12(14)13(15-9-10)16-7-5-3-4-6-11(16)2/h8-9,11H,3-7H2,1-2H3. The van der Waals surface area contributed by atoms with E-state index in [1.807, 2.05) is 6.20 Å². The number of hydrogen-bond donors (Lipinski definition) is 0. The number of aryl methyl sites for hydroxylation is 1. The van der Waals surface area contributed by atoms with E-state index in [1.165, 1.54) is 31.2 Å². The Morgan fingerprint density at radius 3 is 2.94 bits per heavy atom. The molecule has 2 nitrogen and oxygen atoms in total. The zero-order chi connectivity index (χ0) is 11.5. The topological polar surface area (TPSA) is 16.1 Å². The average molecular weight is 283 g/mol. The maximum Gasteiger partial charge on any atom is 0.143 e. The number of nitrogens with zero attached hydrogens (tertiary/aromatic N) is 2. The molecule has 3 heteroatoms. The number of aromatic nitrogens is 1. The van der Waals surface area contributed by atoms with Crippen molar-refractivity contribution in [3.63, 3.8) is 0 Å². The molecule has 2 rings (SSSR count). The lowest BCUT2D eigenvalue weighted by Crippen LogP contribution is -2.33. The molecule has 0 aromatic carbocycles. The van der Waals surface area contributed by atoms with E-state index in [2.05, 4.69) is 45.7 Å². The first kappa shape index (κ1) is 11.9. The molecule has 1 atom stereocenters. The molecule has 0 N–H and O–H groups in total. The predicted octanol–water partition coefficient (Wildman–Crippen LogP) is 3.92. The highest BCUT2D eigenvalue weighted by Crippen LogP contribution is 2.29. The van der Waals surface area contributed by atoms with Crippen LogP contribution in [0.3, 0.4) is 0 Å². The maximum atomic E-state index is 4.57. The second kappa shape index (κ2) is 5.17. The van der Waals surface area contributed by atoms with Crippen molar-refractivity contribution in [3.05, 3.63) is 22.3 Å². The van der Waals surface area contributed by atoms with Crippen LogP contribution in [0.2, 0.25) is 0 Å². The number of pyridine rings is 1. The van der Waals surface area contributed by atoms with Gasteiger partial charge in [0.1, 0.15) is 5.82 Å². The van der Waals surface area contributed by atoms with Gasteiger partial charge in [0, 0.05) is 18.8 Å². The fraction of sp³-hybridized carbons (Fsp3) is 0.615. The van der Waals surface area contributed by atoms with Crippen LogP contribution < -0.4 is 4.90 Å². The van der Waals surface area contributed by atoms with E-state index in [0.717, 1.165) is 16.8 Å². The molecule has 88 valence electrons. The van der Waals surface area contributed by atoms with Gasteiger partial charge in [-0.1, -0.05) is 12.8 Å². The normalized spacial score (nSPS) is 21.9. The molecular formula is C13H19BrN2. The van der Waals surface area contributed by atoms with E-state index in [0.29, 0.717) is 6.04 Å². The summed E-state index contributed by atoms with van der Waals surface area (Å²) >= 11 is 3.63. The van der Waals surface area contributed by atoms with Gasteiger partial charge in [-0.2, -0.15) is 0 Å². The Labute approximate surface area is 106 Å². The molecule has 0 spiro atoms. The second-order valence-electron chi connectivity index (χ2n) is 4.71. The number of hydrogen-bond acceptors (Lipinski definition) is 2. The predicted molar refractivity (Wildman–Crippen MR) is 72.0 cm³/mol. The highest BCUT2D eigenvalue weighted by molar-refractivity contribution is 9.10. The van der Waals surface area contributed by atoms with Crippen LogP contribution in [0.4, 0.5) is 5.82 Å². The third-order valence-corrected chi connectivity index (χ3v) is 3.87. The highest BCUT2D eigenvalue weighted by atomic mass is 79.9. The fourth-order valence-corrected chi connectivity index (χ4v) is 3.02. The van der Waals surface area contributed by atoms with Crippen molar-refractivity contribution in [2.24, 2.45) is 0 Å². The van der Waals surface area contributed by atoms with Gasteiger partial charge < -0.3 is 4.90 Å². The highest BCUT2D eigenvalue weighted by Gasteiger charge is 2.20. The minimum absolute atomic E-state index is 0.606. The molecule has 0 saturated carbocycles. The quantitative estimate of drug-likeness (QED) is 0.776. The molecule has 0 bridgehead atoms. The Morgan fingerprint density at radius 2 is 2.19 bits per heavy atom. The van der Waals surface area contributed by atoms with Crippen molar-refractivity contribution in [3.8, 4) is 0 Å². The first-order chi connectivity index (χ1) is 7.68. The number of halogens is 1. The molecule has 0 amide bonds. The van der Waals surface area contributed by atoms with Crippen LogP contribution in [0, 0.1) is 6.92 Å². The summed E-state index contributed by atoms with van der Waals surface area (Å²) in [4.78, 5) is 7.01. The molecular weight excluding hydrogens is 264 g/mol. The zero-order valence-corrected chi connectivity index (χ0v) is 11.6. The maximum absolute atomic E-state index is 4.57. The molecule has 16 heavy (non-hydrogen) atoms. The Hall–Kier alpha value is -0.570. The van der Waals surface area contributed by atoms with Gasteiger partial charge in [-0.3, -0.25) is 0 Å². The summed E-state index contributed by atoms with van der Waals surface area (Å²) in [5.41, 5.74) is 1.21. The van der Waals surface area contributed by atoms with Crippen LogP contribution >= 0.6 is 15.9 Å². The van der Waals surface area contributed by atoms with Crippen LogP contribution in [0.5, 0.6) is 0 Å². The van der Waals surface area contributed by atoms with Crippen molar-refractivity contribution in [2.75, 3.05) is 11.4 Å². The monoisotopic (exact) mass is 282 g/mol. The van der Waals surface area contributed by atoms with E-state index in [9.17, 15) is 0 Å². The molecule has 2 heterocycles. The smallest absolute Gasteiger partial charge is 0.143 e. The second-order valence-corrected chi connectivity index (χ2v) is 5.56. The van der Waals surface area contributed by atoms with Crippen LogP contribution in [0.15, 0.2) is 16.7 Å². The largest absolute Gasteiger partial charge is 0.353 e. The van der Waals surface area contributed by atoms with Crippen molar-refractivity contribution in [1.29, 1.82) is 0 Å². The Bertz CT molecular complexity index is 365. The van der Waals surface area contributed by atoms with Crippen LogP contribution in [0.25, 0.3) is 0 Å².